The van der Waals surface area contributed by atoms with Crippen LogP contribution in [-0.2, 0) is 0 Å². The highest BCUT2D eigenvalue weighted by molar-refractivity contribution is 6.42. The largest absolute Gasteiger partial charge is 0.497 e. The zero-order valence-corrected chi connectivity index (χ0v) is 12.6. The average molecular weight is 296 g/mol. The van der Waals surface area contributed by atoms with Gasteiger partial charge in [0.25, 0.3) is 0 Å². The van der Waals surface area contributed by atoms with Gasteiger partial charge in [-0.2, -0.15) is 0 Å². The molecule has 0 heterocycles. The second-order valence-electron chi connectivity index (χ2n) is 4.39. The lowest BCUT2D eigenvalue weighted by molar-refractivity contribution is 0.414. The van der Waals surface area contributed by atoms with Crippen molar-refractivity contribution in [1.29, 1.82) is 0 Å². The summed E-state index contributed by atoms with van der Waals surface area (Å²) in [5, 5.41) is 4.47. The fraction of sp³-hybridized carbons (Fsp3) is 0.200. The van der Waals surface area contributed by atoms with Gasteiger partial charge < -0.3 is 10.1 Å². The molecule has 0 atom stereocenters. The summed E-state index contributed by atoms with van der Waals surface area (Å²) in [5.41, 5.74) is 4.11. The fourth-order valence-electron chi connectivity index (χ4n) is 1.83. The van der Waals surface area contributed by atoms with Gasteiger partial charge in [0, 0.05) is 11.4 Å². The maximum Gasteiger partial charge on any atom is 0.119 e. The van der Waals surface area contributed by atoms with Crippen LogP contribution in [0.15, 0.2) is 30.3 Å². The number of hydrogen-bond donors (Lipinski definition) is 1. The number of rotatable bonds is 3. The Morgan fingerprint density at radius 1 is 0.895 bits per heavy atom. The van der Waals surface area contributed by atoms with E-state index in [0.717, 1.165) is 28.3 Å². The number of methoxy groups -OCH3 is 1. The van der Waals surface area contributed by atoms with Gasteiger partial charge in [-0.15, -0.1) is 0 Å². The lowest BCUT2D eigenvalue weighted by Gasteiger charge is -2.14. The number of ether oxygens (including phenoxy) is 1. The van der Waals surface area contributed by atoms with Crippen molar-refractivity contribution in [2.24, 2.45) is 0 Å². The van der Waals surface area contributed by atoms with Crippen molar-refractivity contribution in [2.45, 2.75) is 13.8 Å². The van der Waals surface area contributed by atoms with E-state index in [-0.39, 0.29) is 0 Å². The third kappa shape index (κ3) is 3.14. The zero-order chi connectivity index (χ0) is 14.0. The Bertz CT molecular complexity index is 611. The van der Waals surface area contributed by atoms with Crippen molar-refractivity contribution in [3.8, 4) is 5.75 Å². The van der Waals surface area contributed by atoms with Crippen molar-refractivity contribution in [3.05, 3.63) is 51.5 Å². The smallest absolute Gasteiger partial charge is 0.119 e. The first-order valence-electron chi connectivity index (χ1n) is 5.88. The molecule has 100 valence electrons. The molecule has 1 N–H and O–H groups in total. The molecule has 19 heavy (non-hydrogen) atoms. The summed E-state index contributed by atoms with van der Waals surface area (Å²) in [5.74, 6) is 0.842. The van der Waals surface area contributed by atoms with E-state index >= 15 is 0 Å². The third-order valence-electron chi connectivity index (χ3n) is 2.97. The van der Waals surface area contributed by atoms with Crippen LogP contribution in [0.5, 0.6) is 5.75 Å². The van der Waals surface area contributed by atoms with Gasteiger partial charge >= 0.3 is 0 Å². The lowest BCUT2D eigenvalue weighted by atomic mass is 10.1. The van der Waals surface area contributed by atoms with Gasteiger partial charge in [0.2, 0.25) is 0 Å². The van der Waals surface area contributed by atoms with Crippen LogP contribution in [0, 0.1) is 13.8 Å². The first-order valence-corrected chi connectivity index (χ1v) is 6.64. The fourth-order valence-corrected chi connectivity index (χ4v) is 2.21. The monoisotopic (exact) mass is 295 g/mol. The summed E-state index contributed by atoms with van der Waals surface area (Å²) in [6.07, 6.45) is 0. The minimum atomic E-state index is 0.543. The van der Waals surface area contributed by atoms with E-state index in [1.165, 1.54) is 0 Å². The number of halogens is 2. The van der Waals surface area contributed by atoms with E-state index in [1.54, 1.807) is 7.11 Å². The quantitative estimate of drug-likeness (QED) is 0.823. The zero-order valence-electron chi connectivity index (χ0n) is 11.1. The van der Waals surface area contributed by atoms with Crippen LogP contribution in [0.2, 0.25) is 10.0 Å². The van der Waals surface area contributed by atoms with Gasteiger partial charge in [-0.1, -0.05) is 23.2 Å². The molecular formula is C15H15Cl2NO. The molecule has 2 aromatic rings. The molecule has 0 unspecified atom stereocenters. The molecular weight excluding hydrogens is 281 g/mol. The maximum atomic E-state index is 6.05. The van der Waals surface area contributed by atoms with Crippen molar-refractivity contribution in [2.75, 3.05) is 12.4 Å². The van der Waals surface area contributed by atoms with Crippen LogP contribution < -0.4 is 10.1 Å². The number of anilines is 2. The second kappa shape index (κ2) is 5.72. The van der Waals surface area contributed by atoms with Gasteiger partial charge in [0.1, 0.15) is 5.75 Å². The summed E-state index contributed by atoms with van der Waals surface area (Å²) in [4.78, 5) is 0. The molecule has 0 fully saturated rings. The van der Waals surface area contributed by atoms with Crippen molar-refractivity contribution in [3.63, 3.8) is 0 Å². The molecule has 0 aromatic heterocycles. The van der Waals surface area contributed by atoms with Gasteiger partial charge in [-0.3, -0.25) is 0 Å². The Morgan fingerprint density at radius 3 is 2.16 bits per heavy atom. The maximum absolute atomic E-state index is 6.05. The van der Waals surface area contributed by atoms with E-state index < -0.39 is 0 Å². The Labute approximate surface area is 123 Å². The van der Waals surface area contributed by atoms with Crippen LogP contribution in [-0.4, -0.2) is 7.11 Å². The molecule has 2 nitrogen and oxygen atoms in total. The van der Waals surface area contributed by atoms with Crippen molar-refractivity contribution < 1.29 is 4.74 Å². The molecule has 0 amide bonds. The molecule has 0 bridgehead atoms. The average Bonchev–Trinajstić information content (AvgIpc) is 2.38. The predicted octanol–water partition coefficient (Wildman–Crippen LogP) is 5.36. The molecule has 0 radical (unpaired) electrons. The number of nitrogens with one attached hydrogen (secondary N) is 1. The van der Waals surface area contributed by atoms with Gasteiger partial charge in [-0.05, 0) is 55.3 Å². The van der Waals surface area contributed by atoms with Crippen LogP contribution in [0.25, 0.3) is 0 Å². The minimum absolute atomic E-state index is 0.543. The van der Waals surface area contributed by atoms with Gasteiger partial charge in [0.15, 0.2) is 0 Å². The van der Waals surface area contributed by atoms with Crippen molar-refractivity contribution >= 4 is 34.6 Å². The minimum Gasteiger partial charge on any atom is -0.497 e. The topological polar surface area (TPSA) is 21.3 Å². The van der Waals surface area contributed by atoms with E-state index in [2.05, 4.69) is 5.32 Å². The first-order chi connectivity index (χ1) is 9.01. The van der Waals surface area contributed by atoms with Crippen molar-refractivity contribution in [1.82, 2.24) is 0 Å². The summed E-state index contributed by atoms with van der Waals surface area (Å²) in [6, 6.07) is 9.57. The molecule has 0 aliphatic carbocycles. The number of hydrogen-bond acceptors (Lipinski definition) is 2. The first kappa shape index (κ1) is 14.0. The highest BCUT2D eigenvalue weighted by atomic mass is 35.5. The van der Waals surface area contributed by atoms with Crippen LogP contribution in [0.3, 0.4) is 0 Å². The summed E-state index contributed by atoms with van der Waals surface area (Å²) < 4.78 is 5.19. The Hall–Kier alpha value is -1.38. The highest BCUT2D eigenvalue weighted by Crippen LogP contribution is 2.32. The second-order valence-corrected chi connectivity index (χ2v) is 5.20. The van der Waals surface area contributed by atoms with Crippen LogP contribution in [0.4, 0.5) is 11.4 Å². The standard InChI is InChI=1S/C15H15Cl2NO/c1-9-6-11(19-3)4-5-14(9)18-15-8-13(17)12(16)7-10(15)2/h4-8,18H,1-3H3. The van der Waals surface area contributed by atoms with E-state index in [1.807, 2.05) is 44.2 Å². The Morgan fingerprint density at radius 2 is 1.53 bits per heavy atom. The van der Waals surface area contributed by atoms with Gasteiger partial charge in [-0.25, -0.2) is 0 Å². The SMILES string of the molecule is COc1ccc(Nc2cc(Cl)c(Cl)cc2C)c(C)c1. The molecule has 2 rings (SSSR count). The van der Waals surface area contributed by atoms with E-state index in [9.17, 15) is 0 Å². The summed E-state index contributed by atoms with van der Waals surface area (Å²) in [6.45, 7) is 4.01. The molecule has 0 spiro atoms. The van der Waals surface area contributed by atoms with Gasteiger partial charge in [0.05, 0.1) is 17.2 Å². The normalized spacial score (nSPS) is 10.4. The number of aryl methyl sites for hydroxylation is 2. The van der Waals surface area contributed by atoms with E-state index in [0.29, 0.717) is 10.0 Å². The molecule has 4 heteroatoms. The molecule has 0 saturated heterocycles. The molecule has 0 saturated carbocycles. The molecule has 0 aliphatic heterocycles. The predicted molar refractivity (Wildman–Crippen MR) is 82.2 cm³/mol. The Kier molecular flexibility index (Phi) is 4.23. The summed E-state index contributed by atoms with van der Waals surface area (Å²) >= 11 is 12.0. The number of benzene rings is 2. The molecule has 0 aliphatic rings. The third-order valence-corrected chi connectivity index (χ3v) is 3.69. The summed E-state index contributed by atoms with van der Waals surface area (Å²) in [7, 11) is 1.66. The molecule has 2 aromatic carbocycles. The van der Waals surface area contributed by atoms with Crippen LogP contribution >= 0.6 is 23.2 Å². The van der Waals surface area contributed by atoms with Crippen LogP contribution in [0.1, 0.15) is 11.1 Å². The lowest BCUT2D eigenvalue weighted by Crippen LogP contribution is -1.96. The Balaban J connectivity index is 2.33. The van der Waals surface area contributed by atoms with E-state index in [4.69, 9.17) is 27.9 Å². The highest BCUT2D eigenvalue weighted by Gasteiger charge is 2.06.